The van der Waals surface area contributed by atoms with Gasteiger partial charge in [-0.2, -0.15) is 4.98 Å². The Labute approximate surface area is 184 Å². The van der Waals surface area contributed by atoms with Gasteiger partial charge in [0.25, 0.3) is 0 Å². The van der Waals surface area contributed by atoms with Crippen LogP contribution in [0.1, 0.15) is 49.2 Å². The van der Waals surface area contributed by atoms with E-state index in [1.165, 1.54) is 18.7 Å². The zero-order valence-electron chi connectivity index (χ0n) is 18.0. The fourth-order valence-electron chi connectivity index (χ4n) is 3.08. The Bertz CT molecular complexity index is 1100. The van der Waals surface area contributed by atoms with E-state index in [0.29, 0.717) is 11.7 Å². The molecule has 0 aliphatic carbocycles. The minimum Gasteiger partial charge on any atom is -0.357 e. The van der Waals surface area contributed by atoms with Crippen LogP contribution in [-0.4, -0.2) is 29.0 Å². The molecule has 0 fully saturated rings. The first-order valence-electron chi connectivity index (χ1n) is 10.2. The van der Waals surface area contributed by atoms with E-state index >= 15 is 0 Å². The van der Waals surface area contributed by atoms with Crippen LogP contribution in [0.15, 0.2) is 47.0 Å². The predicted molar refractivity (Wildman–Crippen MR) is 113 cm³/mol. The van der Waals surface area contributed by atoms with Crippen molar-refractivity contribution in [1.29, 1.82) is 0 Å². The van der Waals surface area contributed by atoms with Crippen LogP contribution in [-0.2, 0) is 16.0 Å². The number of carbonyl (C=O) groups is 2. The quantitative estimate of drug-likeness (QED) is 0.555. The summed E-state index contributed by atoms with van der Waals surface area (Å²) in [6.45, 7) is 4.21. The molecule has 3 rings (SSSR count). The molecular formula is C23H24F2N4O3. The number of nitrogens with one attached hydrogen (secondary N) is 2. The van der Waals surface area contributed by atoms with Crippen molar-refractivity contribution in [2.75, 3.05) is 7.05 Å². The summed E-state index contributed by atoms with van der Waals surface area (Å²) in [5.74, 6) is -2.09. The average molecular weight is 442 g/mol. The van der Waals surface area contributed by atoms with Gasteiger partial charge in [-0.05, 0) is 29.2 Å². The molecule has 0 radical (unpaired) electrons. The lowest BCUT2D eigenvalue weighted by Gasteiger charge is -2.17. The number of nitrogens with zero attached hydrogens (tertiary/aromatic N) is 2. The molecule has 2 aromatic carbocycles. The normalized spacial score (nSPS) is 11.9. The molecule has 0 saturated carbocycles. The number of amides is 2. The smallest absolute Gasteiger partial charge is 0.246 e. The molecule has 0 saturated heterocycles. The molecule has 1 aromatic heterocycles. The molecule has 2 amide bonds. The first kappa shape index (κ1) is 23.1. The molecule has 2 N–H and O–H groups in total. The van der Waals surface area contributed by atoms with Crippen LogP contribution in [0.2, 0.25) is 0 Å². The minimum atomic E-state index is -1.17. The second-order valence-electron chi connectivity index (χ2n) is 7.58. The Balaban J connectivity index is 1.63. The van der Waals surface area contributed by atoms with Crippen LogP contribution in [0.3, 0.4) is 0 Å². The highest BCUT2D eigenvalue weighted by molar-refractivity contribution is 5.88. The predicted octanol–water partition coefficient (Wildman–Crippen LogP) is 3.67. The Morgan fingerprint density at radius 1 is 1.03 bits per heavy atom. The lowest BCUT2D eigenvalue weighted by atomic mass is 10.0. The van der Waals surface area contributed by atoms with E-state index in [2.05, 4.69) is 34.6 Å². The third-order valence-corrected chi connectivity index (χ3v) is 4.96. The fourth-order valence-corrected chi connectivity index (χ4v) is 3.08. The van der Waals surface area contributed by atoms with Crippen molar-refractivity contribution < 1.29 is 22.9 Å². The fraction of sp³-hybridized carbons (Fsp3) is 0.304. The number of aryl methyl sites for hydroxylation is 1. The van der Waals surface area contributed by atoms with E-state index in [4.69, 9.17) is 4.52 Å². The lowest BCUT2D eigenvalue weighted by Crippen LogP contribution is -2.39. The van der Waals surface area contributed by atoms with Crippen LogP contribution in [0.25, 0.3) is 11.4 Å². The summed E-state index contributed by atoms with van der Waals surface area (Å²) in [7, 11) is 1.38. The summed E-state index contributed by atoms with van der Waals surface area (Å²) in [5, 5.41) is 8.87. The minimum absolute atomic E-state index is 0.0366. The highest BCUT2D eigenvalue weighted by Crippen LogP contribution is 2.21. The summed E-state index contributed by atoms with van der Waals surface area (Å²) in [4.78, 5) is 28.9. The topological polar surface area (TPSA) is 97.1 Å². The monoisotopic (exact) mass is 442 g/mol. The number of aromatic nitrogens is 2. The highest BCUT2D eigenvalue weighted by atomic mass is 19.2. The number of likely N-dealkylation sites (N-methyl/N-ethyl adjacent to an activating group) is 1. The van der Waals surface area contributed by atoms with Crippen molar-refractivity contribution in [2.45, 2.75) is 38.6 Å². The SMILES string of the molecule is CNC(=O)C(NC(=O)CCc1nc(-c2ccc(C(C)C)cc2)no1)c1ccc(F)c(F)c1. The molecule has 1 heterocycles. The Morgan fingerprint density at radius 3 is 2.34 bits per heavy atom. The van der Waals surface area contributed by atoms with Crippen molar-refractivity contribution >= 4 is 11.8 Å². The Morgan fingerprint density at radius 2 is 1.72 bits per heavy atom. The number of carbonyl (C=O) groups excluding carboxylic acids is 2. The van der Waals surface area contributed by atoms with Gasteiger partial charge in [-0.1, -0.05) is 49.3 Å². The summed E-state index contributed by atoms with van der Waals surface area (Å²) < 4.78 is 32.0. The maximum atomic E-state index is 13.6. The lowest BCUT2D eigenvalue weighted by molar-refractivity contribution is -0.128. The van der Waals surface area contributed by atoms with Crippen molar-refractivity contribution in [3.8, 4) is 11.4 Å². The van der Waals surface area contributed by atoms with E-state index in [-0.39, 0.29) is 24.3 Å². The summed E-state index contributed by atoms with van der Waals surface area (Å²) in [5.41, 5.74) is 2.12. The molecule has 1 atom stereocenters. The largest absolute Gasteiger partial charge is 0.357 e. The van der Waals surface area contributed by atoms with E-state index in [0.717, 1.165) is 17.7 Å². The number of benzene rings is 2. The van der Waals surface area contributed by atoms with Crippen LogP contribution in [0.4, 0.5) is 8.78 Å². The first-order chi connectivity index (χ1) is 15.3. The maximum absolute atomic E-state index is 13.6. The third kappa shape index (κ3) is 5.54. The molecule has 0 aliphatic rings. The zero-order valence-corrected chi connectivity index (χ0v) is 18.0. The Hall–Kier alpha value is -3.62. The number of rotatable bonds is 8. The first-order valence-corrected chi connectivity index (χ1v) is 10.2. The van der Waals surface area contributed by atoms with Gasteiger partial charge in [-0.3, -0.25) is 9.59 Å². The summed E-state index contributed by atoms with van der Waals surface area (Å²) in [6, 6.07) is 9.68. The molecule has 168 valence electrons. The van der Waals surface area contributed by atoms with Gasteiger partial charge in [-0.15, -0.1) is 0 Å². The number of halogens is 2. The molecule has 9 heteroatoms. The van der Waals surface area contributed by atoms with Gasteiger partial charge in [0, 0.05) is 25.5 Å². The van der Waals surface area contributed by atoms with Crippen LogP contribution in [0, 0.1) is 11.6 Å². The summed E-state index contributed by atoms with van der Waals surface area (Å²) >= 11 is 0. The molecular weight excluding hydrogens is 418 g/mol. The molecule has 0 aliphatic heterocycles. The standard InChI is InChI=1S/C23H24F2N4O3/c1-13(2)14-4-6-15(7-5-14)22-28-20(32-29-22)11-10-19(30)27-21(23(31)26-3)16-8-9-17(24)18(25)12-16/h4-9,12-13,21H,10-11H2,1-3H3,(H,26,31)(H,27,30). The van der Waals surface area contributed by atoms with E-state index in [1.54, 1.807) is 0 Å². The number of hydrogen-bond acceptors (Lipinski definition) is 5. The van der Waals surface area contributed by atoms with Gasteiger partial charge in [0.05, 0.1) is 0 Å². The molecule has 32 heavy (non-hydrogen) atoms. The van der Waals surface area contributed by atoms with Crippen molar-refractivity contribution in [3.05, 3.63) is 71.1 Å². The van der Waals surface area contributed by atoms with Crippen molar-refractivity contribution in [2.24, 2.45) is 0 Å². The van der Waals surface area contributed by atoms with Gasteiger partial charge in [0.15, 0.2) is 11.6 Å². The number of hydrogen-bond donors (Lipinski definition) is 2. The zero-order chi connectivity index (χ0) is 23.3. The van der Waals surface area contributed by atoms with Crippen molar-refractivity contribution in [1.82, 2.24) is 20.8 Å². The van der Waals surface area contributed by atoms with Gasteiger partial charge >= 0.3 is 0 Å². The molecule has 0 bridgehead atoms. The Kier molecular flexibility index (Phi) is 7.29. The maximum Gasteiger partial charge on any atom is 0.246 e. The van der Waals surface area contributed by atoms with E-state index < -0.39 is 29.5 Å². The van der Waals surface area contributed by atoms with Crippen LogP contribution in [0.5, 0.6) is 0 Å². The molecule has 3 aromatic rings. The second kappa shape index (κ2) is 10.1. The van der Waals surface area contributed by atoms with Crippen molar-refractivity contribution in [3.63, 3.8) is 0 Å². The van der Waals surface area contributed by atoms with Gasteiger partial charge < -0.3 is 15.2 Å². The van der Waals surface area contributed by atoms with Gasteiger partial charge in [0.1, 0.15) is 6.04 Å². The van der Waals surface area contributed by atoms with Gasteiger partial charge in [-0.25, -0.2) is 8.78 Å². The van der Waals surface area contributed by atoms with Crippen LogP contribution >= 0.6 is 0 Å². The molecule has 7 nitrogen and oxygen atoms in total. The summed E-state index contributed by atoms with van der Waals surface area (Å²) in [6.07, 6.45) is 0.117. The van der Waals surface area contributed by atoms with Gasteiger partial charge in [0.2, 0.25) is 23.5 Å². The van der Waals surface area contributed by atoms with E-state index in [1.807, 2.05) is 24.3 Å². The second-order valence-corrected chi connectivity index (χ2v) is 7.58. The third-order valence-electron chi connectivity index (χ3n) is 4.96. The molecule has 1 unspecified atom stereocenters. The van der Waals surface area contributed by atoms with E-state index in [9.17, 15) is 18.4 Å². The molecule has 0 spiro atoms. The average Bonchev–Trinajstić information content (AvgIpc) is 3.26. The van der Waals surface area contributed by atoms with Crippen LogP contribution < -0.4 is 10.6 Å². The highest BCUT2D eigenvalue weighted by Gasteiger charge is 2.23.